The fraction of sp³-hybridized carbons (Fsp3) is 0.625. The Balaban J connectivity index is 1.19. The van der Waals surface area contributed by atoms with Gasteiger partial charge in [0.05, 0.1) is 55.9 Å². The maximum Gasteiger partial charge on any atom is 0.510 e. The van der Waals surface area contributed by atoms with E-state index in [1.165, 1.54) is 17.2 Å². The van der Waals surface area contributed by atoms with Gasteiger partial charge in [-0.25, -0.2) is 38.6 Å². The number of nitrogen functional groups attached to an aromatic ring is 2. The first kappa shape index (κ1) is 43.2. The molecule has 1 unspecified atom stereocenters. The molecule has 4 aliphatic rings. The van der Waals surface area contributed by atoms with Gasteiger partial charge >= 0.3 is 20.1 Å². The van der Waals surface area contributed by atoms with Crippen LogP contribution in [0.1, 0.15) is 46.4 Å². The Kier molecular flexibility index (Phi) is 11.6. The number of aromatic nitrogens is 8. The fourth-order valence-corrected chi connectivity index (χ4v) is 14.4. The highest BCUT2D eigenvalue weighted by atomic mass is 32.7. The number of hydrogen-bond acceptors (Lipinski definition) is 24. The van der Waals surface area contributed by atoms with Gasteiger partial charge in [0.15, 0.2) is 28.9 Å². The third-order valence-electron chi connectivity index (χ3n) is 10.6. The number of ether oxygens (including phenoxy) is 5. The first-order valence-corrected chi connectivity index (χ1v) is 23.5. The maximum absolute atomic E-state index is 15.6. The van der Waals surface area contributed by atoms with Gasteiger partial charge in [0.2, 0.25) is 12.7 Å². The molecule has 4 fully saturated rings. The molecule has 0 radical (unpaired) electrons. The van der Waals surface area contributed by atoms with Gasteiger partial charge in [-0.1, -0.05) is 0 Å². The molecule has 2 aliphatic heterocycles. The maximum atomic E-state index is 15.6. The molecule has 6 heterocycles. The standard InChI is InChI=1S/C32H42N10O16P2S/c1-13(2)55-30(46)50-11-54-60(49)53-7-32-5-15(32)19(41-9-37-17-24(33)35-8-36-25(17)41)21(44)23(32)59(48,61-12-51-31(47)56-14(3)4)52-6-16-20(43)22(58-60)28(57-16)42-10-38-18-26(42)39-29(34)40-27(18)45/h8-10,13-16,19-23,28,43-44H,5-7,11-12H2,1-4H3,(H2,33,35,36)(H3,34,39,40,45)/t15-,16-,19-,20-,21+,22-,23+,28-,32?,59-,60+/m1/s1. The van der Waals surface area contributed by atoms with Crippen LogP contribution in [-0.2, 0) is 50.9 Å². The van der Waals surface area contributed by atoms with Crippen LogP contribution in [0.5, 0.6) is 0 Å². The quantitative estimate of drug-likeness (QED) is 0.0864. The Hall–Kier alpha value is -4.43. The topological polar surface area (TPSA) is 351 Å². The molecule has 29 heteroatoms. The number of aliphatic hydroxyl groups excluding tert-OH is 2. The van der Waals surface area contributed by atoms with Gasteiger partial charge < -0.3 is 54.5 Å². The molecule has 1 spiro atoms. The molecule has 2 saturated heterocycles. The first-order chi connectivity index (χ1) is 28.9. The van der Waals surface area contributed by atoms with Crippen LogP contribution in [0.2, 0.25) is 0 Å². The Labute approximate surface area is 348 Å². The summed E-state index contributed by atoms with van der Waals surface area (Å²) >= 11 is 0.576. The van der Waals surface area contributed by atoms with Crippen molar-refractivity contribution < 1.29 is 70.7 Å². The number of aromatic amines is 1. The van der Waals surface area contributed by atoms with E-state index in [2.05, 4.69) is 29.9 Å². The van der Waals surface area contributed by atoms with Gasteiger partial charge in [-0.2, -0.15) is 4.98 Å². The van der Waals surface area contributed by atoms with Crippen molar-refractivity contribution in [2.24, 2.45) is 11.3 Å². The summed E-state index contributed by atoms with van der Waals surface area (Å²) in [7, 11) is -5.04. The number of fused-ring (bicyclic) bond motifs is 4. The molecule has 8 rings (SSSR count). The Morgan fingerprint density at radius 2 is 1.69 bits per heavy atom. The largest absolute Gasteiger partial charge is 0.510 e. The monoisotopic (exact) mass is 916 g/mol. The van der Waals surface area contributed by atoms with Crippen LogP contribution in [0.3, 0.4) is 0 Å². The lowest BCUT2D eigenvalue weighted by molar-refractivity contribution is -0.0584. The molecule has 2 saturated carbocycles. The number of imidazole rings is 2. The number of hydrogen-bond donors (Lipinski definition) is 5. The lowest BCUT2D eigenvalue weighted by atomic mass is 10.0. The number of carbonyl (C=O) groups is 2. The molecule has 4 aromatic heterocycles. The number of nitrogens with one attached hydrogen (secondary N) is 1. The summed E-state index contributed by atoms with van der Waals surface area (Å²) in [5.74, 6) is -1.38. The van der Waals surface area contributed by atoms with Crippen LogP contribution in [0.25, 0.3) is 22.3 Å². The molecular weight excluding hydrogens is 874 g/mol. The van der Waals surface area contributed by atoms with Crippen molar-refractivity contribution in [2.75, 3.05) is 37.4 Å². The average Bonchev–Trinajstić information content (AvgIpc) is 3.48. The Bertz CT molecular complexity index is 2490. The van der Waals surface area contributed by atoms with Crippen molar-refractivity contribution in [3.63, 3.8) is 0 Å². The average molecular weight is 917 g/mol. The molecule has 61 heavy (non-hydrogen) atoms. The number of nitrogens with zero attached hydrogens (tertiary/aromatic N) is 7. The predicted molar refractivity (Wildman–Crippen MR) is 207 cm³/mol. The first-order valence-electron chi connectivity index (χ1n) is 18.7. The van der Waals surface area contributed by atoms with E-state index in [9.17, 15) is 29.2 Å². The summed E-state index contributed by atoms with van der Waals surface area (Å²) in [4.78, 5) is 60.6. The third-order valence-corrected chi connectivity index (χ3v) is 16.9. The van der Waals surface area contributed by atoms with E-state index in [0.29, 0.717) is 11.4 Å². The summed E-state index contributed by atoms with van der Waals surface area (Å²) in [5.41, 5.74) is 8.70. The molecule has 0 amide bonds. The number of H-pyrrole nitrogens is 1. The van der Waals surface area contributed by atoms with Crippen LogP contribution in [0.15, 0.2) is 23.8 Å². The number of rotatable bonds is 10. The minimum absolute atomic E-state index is 0.0722. The summed E-state index contributed by atoms with van der Waals surface area (Å²) in [6, 6.07) is -0.905. The molecule has 2 aliphatic carbocycles. The van der Waals surface area contributed by atoms with E-state index in [-0.39, 0.29) is 40.5 Å². The minimum Gasteiger partial charge on any atom is -0.432 e. The number of anilines is 2. The number of aliphatic hydroxyl groups is 2. The van der Waals surface area contributed by atoms with Gasteiger partial charge in [-0.3, -0.25) is 28.0 Å². The molecule has 332 valence electrons. The van der Waals surface area contributed by atoms with Crippen molar-refractivity contribution in [1.29, 1.82) is 0 Å². The van der Waals surface area contributed by atoms with Crippen LogP contribution in [0, 0.1) is 11.3 Å². The van der Waals surface area contributed by atoms with E-state index in [4.69, 9.17) is 53.2 Å². The van der Waals surface area contributed by atoms with Crippen molar-refractivity contribution >= 4 is 72.2 Å². The smallest absolute Gasteiger partial charge is 0.432 e. The highest BCUT2D eigenvalue weighted by molar-refractivity contribution is 8.56. The predicted octanol–water partition coefficient (Wildman–Crippen LogP) is 2.19. The van der Waals surface area contributed by atoms with E-state index in [0.717, 1.165) is 6.33 Å². The van der Waals surface area contributed by atoms with E-state index >= 15 is 4.57 Å². The second-order valence-corrected chi connectivity index (χ2v) is 21.4. The number of carbonyl (C=O) groups excluding carboxylic acids is 2. The highest BCUT2D eigenvalue weighted by Crippen LogP contribution is 2.82. The SMILES string of the molecule is CC(C)OC(=O)OCO[P@]1(=O)OCC23C[C@@H]2[C@@H](n2cnc4c(N)ncnc42)[C@H](O)[C@@H]3[P@](=O)(SCOC(=O)OC(C)C)OC[C@H]2O[C@@H](n3cnc4c(=O)[nH]c(N)nc43)[C@H](O1)[C@@H]2O. The van der Waals surface area contributed by atoms with E-state index < -0.39 is 124 Å². The molecular formula is C32H42N10O16P2S. The highest BCUT2D eigenvalue weighted by Gasteiger charge is 2.77. The number of phosphoric acid groups is 1. The lowest BCUT2D eigenvalue weighted by Gasteiger charge is -2.35. The normalized spacial score (nSPS) is 33.5. The zero-order valence-corrected chi connectivity index (χ0v) is 35.3. The second-order valence-electron chi connectivity index (χ2n) is 15.1. The van der Waals surface area contributed by atoms with Crippen LogP contribution >= 0.6 is 25.8 Å². The van der Waals surface area contributed by atoms with Crippen LogP contribution < -0.4 is 17.0 Å². The van der Waals surface area contributed by atoms with Gasteiger partial charge in [-0.15, -0.1) is 0 Å². The van der Waals surface area contributed by atoms with Crippen LogP contribution in [0.4, 0.5) is 21.4 Å². The van der Waals surface area contributed by atoms with Crippen molar-refractivity contribution in [3.8, 4) is 0 Å². The zero-order chi connectivity index (χ0) is 43.6. The lowest BCUT2D eigenvalue weighted by Crippen LogP contribution is -2.39. The molecule has 2 bridgehead atoms. The number of nitrogens with two attached hydrogens (primary N) is 2. The van der Waals surface area contributed by atoms with Crippen LogP contribution in [-0.4, -0.2) is 130 Å². The molecule has 4 aromatic rings. The van der Waals surface area contributed by atoms with Crippen molar-refractivity contribution in [3.05, 3.63) is 29.3 Å². The minimum atomic E-state index is -5.04. The Morgan fingerprint density at radius 1 is 0.984 bits per heavy atom. The van der Waals surface area contributed by atoms with E-state index in [1.807, 2.05) is 0 Å². The number of phosphoric ester groups is 1. The van der Waals surface area contributed by atoms with Crippen molar-refractivity contribution in [2.45, 2.75) is 88.7 Å². The fourth-order valence-electron chi connectivity index (χ4n) is 8.00. The summed E-state index contributed by atoms with van der Waals surface area (Å²) in [6.07, 6.45) is -7.37. The summed E-state index contributed by atoms with van der Waals surface area (Å²) in [5, 5.41) is 24.1. The van der Waals surface area contributed by atoms with Gasteiger partial charge in [0.25, 0.3) is 12.1 Å². The Morgan fingerprint density at radius 3 is 2.43 bits per heavy atom. The molecule has 0 aromatic carbocycles. The van der Waals surface area contributed by atoms with Gasteiger partial charge in [0, 0.05) is 5.41 Å². The van der Waals surface area contributed by atoms with Gasteiger partial charge in [-0.05, 0) is 51.4 Å². The third kappa shape index (κ3) is 8.07. The van der Waals surface area contributed by atoms with Crippen molar-refractivity contribution in [1.82, 2.24) is 39.0 Å². The molecule has 26 nitrogen and oxygen atoms in total. The zero-order valence-electron chi connectivity index (χ0n) is 32.7. The molecule has 7 N–H and O–H groups in total. The summed E-state index contributed by atoms with van der Waals surface area (Å²) < 4.78 is 83.5. The van der Waals surface area contributed by atoms with E-state index in [1.54, 1.807) is 32.3 Å². The molecule has 11 atom stereocenters. The summed E-state index contributed by atoms with van der Waals surface area (Å²) in [6.45, 7) is -0.320. The van der Waals surface area contributed by atoms with Gasteiger partial charge in [0.1, 0.15) is 36.1 Å². The second kappa shape index (κ2) is 16.4.